The van der Waals surface area contributed by atoms with Crippen LogP contribution in [0.25, 0.3) is 0 Å². The third-order valence-corrected chi connectivity index (χ3v) is 4.14. The van der Waals surface area contributed by atoms with Crippen LogP contribution in [0.1, 0.15) is 56.6 Å². The van der Waals surface area contributed by atoms with Gasteiger partial charge in [0, 0.05) is 6.04 Å². The van der Waals surface area contributed by atoms with E-state index in [0.717, 1.165) is 30.4 Å². The maximum atomic E-state index is 13.2. The largest absolute Gasteiger partial charge is 0.271 e. The van der Waals surface area contributed by atoms with Crippen molar-refractivity contribution in [2.45, 2.75) is 51.0 Å². The van der Waals surface area contributed by atoms with Crippen LogP contribution in [-0.2, 0) is 0 Å². The highest BCUT2D eigenvalue weighted by Gasteiger charge is 2.17. The molecule has 19 heavy (non-hydrogen) atoms. The Labute approximate surface area is 113 Å². The van der Waals surface area contributed by atoms with Crippen LogP contribution in [-0.4, -0.2) is 0 Å². The number of hydrazine groups is 1. The predicted octanol–water partition coefficient (Wildman–Crippen LogP) is 3.83. The van der Waals surface area contributed by atoms with Crippen LogP contribution in [0.4, 0.5) is 8.78 Å². The first kappa shape index (κ1) is 14.4. The zero-order chi connectivity index (χ0) is 13.7. The van der Waals surface area contributed by atoms with Gasteiger partial charge in [-0.1, -0.05) is 38.2 Å². The molecule has 2 nitrogen and oxygen atoms in total. The summed E-state index contributed by atoms with van der Waals surface area (Å²) in [6.45, 7) is 0. The van der Waals surface area contributed by atoms with Gasteiger partial charge in [-0.05, 0) is 36.5 Å². The fourth-order valence-electron chi connectivity index (χ4n) is 2.95. The average molecular weight is 268 g/mol. The van der Waals surface area contributed by atoms with Crippen molar-refractivity contribution in [3.8, 4) is 0 Å². The highest BCUT2D eigenvalue weighted by atomic mass is 19.2. The average Bonchev–Trinajstić information content (AvgIpc) is 2.44. The number of benzene rings is 1. The van der Waals surface area contributed by atoms with Gasteiger partial charge in [-0.3, -0.25) is 11.3 Å². The van der Waals surface area contributed by atoms with Gasteiger partial charge in [0.15, 0.2) is 11.6 Å². The lowest BCUT2D eigenvalue weighted by molar-refractivity contribution is 0.314. The zero-order valence-corrected chi connectivity index (χ0v) is 11.2. The van der Waals surface area contributed by atoms with Crippen LogP contribution in [0, 0.1) is 17.6 Å². The molecule has 0 aliphatic heterocycles. The lowest BCUT2D eigenvalue weighted by Gasteiger charge is -2.24. The molecule has 0 bridgehead atoms. The highest BCUT2D eigenvalue weighted by Crippen LogP contribution is 2.30. The molecule has 0 spiro atoms. The van der Waals surface area contributed by atoms with E-state index in [2.05, 4.69) is 5.43 Å². The van der Waals surface area contributed by atoms with Gasteiger partial charge in [-0.2, -0.15) is 0 Å². The Morgan fingerprint density at radius 1 is 1.16 bits per heavy atom. The molecule has 1 aromatic rings. The van der Waals surface area contributed by atoms with Crippen LogP contribution in [0.2, 0.25) is 0 Å². The number of rotatable bonds is 5. The molecule has 0 saturated heterocycles. The summed E-state index contributed by atoms with van der Waals surface area (Å²) < 4.78 is 26.1. The first-order valence-electron chi connectivity index (χ1n) is 7.12. The molecular formula is C15H22F2N2. The van der Waals surface area contributed by atoms with Crippen LogP contribution in [0.15, 0.2) is 18.2 Å². The summed E-state index contributed by atoms with van der Waals surface area (Å²) in [6.07, 6.45) is 8.51. The van der Waals surface area contributed by atoms with E-state index in [0.29, 0.717) is 0 Å². The van der Waals surface area contributed by atoms with Crippen molar-refractivity contribution in [1.82, 2.24) is 5.43 Å². The molecule has 1 aliphatic rings. The topological polar surface area (TPSA) is 38.0 Å². The first-order chi connectivity index (χ1) is 9.20. The Hall–Kier alpha value is -1.00. The quantitative estimate of drug-likeness (QED) is 0.629. The Kier molecular flexibility index (Phi) is 5.28. The summed E-state index contributed by atoms with van der Waals surface area (Å²) in [5.41, 5.74) is 3.44. The SMILES string of the molecule is NNC(CCC1CCCCC1)c1ccc(F)c(F)c1. The zero-order valence-electron chi connectivity index (χ0n) is 11.2. The van der Waals surface area contributed by atoms with Crippen molar-refractivity contribution in [3.05, 3.63) is 35.4 Å². The Balaban J connectivity index is 1.93. The smallest absolute Gasteiger partial charge is 0.159 e. The third-order valence-electron chi connectivity index (χ3n) is 4.14. The van der Waals surface area contributed by atoms with Crippen molar-refractivity contribution in [3.63, 3.8) is 0 Å². The summed E-state index contributed by atoms with van der Waals surface area (Å²) in [7, 11) is 0. The number of nitrogens with two attached hydrogens (primary N) is 1. The van der Waals surface area contributed by atoms with Gasteiger partial charge < -0.3 is 0 Å². The molecule has 0 amide bonds. The van der Waals surface area contributed by atoms with Crippen molar-refractivity contribution >= 4 is 0 Å². The van der Waals surface area contributed by atoms with Crippen LogP contribution in [0.5, 0.6) is 0 Å². The summed E-state index contributed by atoms with van der Waals surface area (Å²) in [5, 5.41) is 0. The fraction of sp³-hybridized carbons (Fsp3) is 0.600. The molecule has 1 unspecified atom stereocenters. The number of halogens is 2. The van der Waals surface area contributed by atoms with Crippen LogP contribution < -0.4 is 11.3 Å². The van der Waals surface area contributed by atoms with Crippen LogP contribution in [0.3, 0.4) is 0 Å². The first-order valence-corrected chi connectivity index (χ1v) is 7.12. The van der Waals surface area contributed by atoms with Crippen LogP contribution >= 0.6 is 0 Å². The predicted molar refractivity (Wildman–Crippen MR) is 72.2 cm³/mol. The van der Waals surface area contributed by atoms with E-state index in [1.54, 1.807) is 6.07 Å². The Morgan fingerprint density at radius 2 is 1.89 bits per heavy atom. The number of nitrogens with one attached hydrogen (secondary N) is 1. The van der Waals surface area contributed by atoms with Gasteiger partial charge in [-0.25, -0.2) is 8.78 Å². The molecule has 3 N–H and O–H groups in total. The van der Waals surface area contributed by atoms with E-state index in [-0.39, 0.29) is 6.04 Å². The molecule has 0 aromatic heterocycles. The molecule has 4 heteroatoms. The standard InChI is InChI=1S/C15H22F2N2/c16-13-8-7-12(10-14(13)17)15(19-18)9-6-11-4-2-1-3-5-11/h7-8,10-11,15,19H,1-6,9,18H2. The second-order valence-electron chi connectivity index (χ2n) is 5.47. The minimum atomic E-state index is -0.813. The molecule has 1 fully saturated rings. The molecule has 0 heterocycles. The highest BCUT2D eigenvalue weighted by molar-refractivity contribution is 5.21. The van der Waals surface area contributed by atoms with Crippen molar-refractivity contribution in [1.29, 1.82) is 0 Å². The second kappa shape index (κ2) is 6.96. The molecule has 0 radical (unpaired) electrons. The molecular weight excluding hydrogens is 246 g/mol. The third kappa shape index (κ3) is 3.98. The van der Waals surface area contributed by atoms with E-state index in [1.807, 2.05) is 0 Å². The summed E-state index contributed by atoms with van der Waals surface area (Å²) in [4.78, 5) is 0. The van der Waals surface area contributed by atoms with E-state index in [9.17, 15) is 8.78 Å². The lowest BCUT2D eigenvalue weighted by Crippen LogP contribution is -2.28. The fourth-order valence-corrected chi connectivity index (χ4v) is 2.95. The number of hydrogen-bond acceptors (Lipinski definition) is 2. The summed E-state index contributed by atoms with van der Waals surface area (Å²) in [6, 6.07) is 3.90. The molecule has 2 rings (SSSR count). The maximum Gasteiger partial charge on any atom is 0.159 e. The van der Waals surface area contributed by atoms with Gasteiger partial charge in [-0.15, -0.1) is 0 Å². The van der Waals surface area contributed by atoms with Crippen molar-refractivity contribution < 1.29 is 8.78 Å². The van der Waals surface area contributed by atoms with E-state index in [4.69, 9.17) is 5.84 Å². The van der Waals surface area contributed by atoms with E-state index >= 15 is 0 Å². The van der Waals surface area contributed by atoms with Crippen molar-refractivity contribution in [2.75, 3.05) is 0 Å². The summed E-state index contributed by atoms with van der Waals surface area (Å²) >= 11 is 0. The minimum Gasteiger partial charge on any atom is -0.271 e. The lowest BCUT2D eigenvalue weighted by atomic mass is 9.84. The Bertz CT molecular complexity index is 403. The second-order valence-corrected chi connectivity index (χ2v) is 5.47. The van der Waals surface area contributed by atoms with Gasteiger partial charge in [0.2, 0.25) is 0 Å². The molecule has 1 aliphatic carbocycles. The Morgan fingerprint density at radius 3 is 2.53 bits per heavy atom. The molecule has 1 atom stereocenters. The van der Waals surface area contributed by atoms with Crippen molar-refractivity contribution in [2.24, 2.45) is 11.8 Å². The minimum absolute atomic E-state index is 0.1000. The molecule has 1 aromatic carbocycles. The monoisotopic (exact) mass is 268 g/mol. The van der Waals surface area contributed by atoms with E-state index in [1.165, 1.54) is 38.2 Å². The van der Waals surface area contributed by atoms with E-state index < -0.39 is 11.6 Å². The van der Waals surface area contributed by atoms with Gasteiger partial charge in [0.05, 0.1) is 0 Å². The molecule has 106 valence electrons. The molecule has 1 saturated carbocycles. The summed E-state index contributed by atoms with van der Waals surface area (Å²) in [5.74, 6) is 4.68. The van der Waals surface area contributed by atoms with Gasteiger partial charge in [0.25, 0.3) is 0 Å². The maximum absolute atomic E-state index is 13.2. The normalized spacial score (nSPS) is 18.5. The van der Waals surface area contributed by atoms with Gasteiger partial charge >= 0.3 is 0 Å². The van der Waals surface area contributed by atoms with Gasteiger partial charge in [0.1, 0.15) is 0 Å². The number of hydrogen-bond donors (Lipinski definition) is 2.